The fraction of sp³-hybridized carbons (Fsp3) is 0.789. The van der Waals surface area contributed by atoms with Crippen LogP contribution in [-0.4, -0.2) is 37.4 Å². The molecule has 0 radical (unpaired) electrons. The number of ether oxygens (including phenoxy) is 3. The molecule has 5 atom stereocenters. The summed E-state index contributed by atoms with van der Waals surface area (Å²) in [7, 11) is 0. The van der Waals surface area contributed by atoms with Gasteiger partial charge < -0.3 is 14.2 Å². The fourth-order valence-electron chi connectivity index (χ4n) is 4.96. The van der Waals surface area contributed by atoms with Crippen molar-refractivity contribution in [2.45, 2.75) is 46.1 Å². The molecule has 0 N–H and O–H groups in total. The van der Waals surface area contributed by atoms with Crippen molar-refractivity contribution in [1.82, 2.24) is 0 Å². The van der Waals surface area contributed by atoms with E-state index in [1.165, 1.54) is 13.8 Å². The molecule has 1 aliphatic heterocycles. The van der Waals surface area contributed by atoms with Crippen molar-refractivity contribution >= 4 is 11.9 Å². The van der Waals surface area contributed by atoms with Gasteiger partial charge in [-0.2, -0.15) is 0 Å². The Hall–Kier alpha value is -1.36. The lowest BCUT2D eigenvalue weighted by atomic mass is 9.74. The zero-order valence-electron chi connectivity index (χ0n) is 15.1. The maximum absolute atomic E-state index is 11.4. The van der Waals surface area contributed by atoms with E-state index in [9.17, 15) is 9.59 Å². The van der Waals surface area contributed by atoms with Crippen molar-refractivity contribution in [2.75, 3.05) is 19.8 Å². The van der Waals surface area contributed by atoms with Crippen LogP contribution in [0.5, 0.6) is 0 Å². The number of fused-ring (bicyclic) bond motifs is 1. The number of esters is 2. The van der Waals surface area contributed by atoms with Crippen LogP contribution in [0.3, 0.4) is 0 Å². The quantitative estimate of drug-likeness (QED) is 0.439. The van der Waals surface area contributed by atoms with E-state index in [1.54, 1.807) is 0 Å². The maximum Gasteiger partial charge on any atom is 0.302 e. The summed E-state index contributed by atoms with van der Waals surface area (Å²) in [6.07, 6.45) is 2.13. The summed E-state index contributed by atoms with van der Waals surface area (Å²) in [5.41, 5.74) is 0.970. The molecule has 1 heterocycles. The second-order valence-corrected chi connectivity index (χ2v) is 8.22. The van der Waals surface area contributed by atoms with Gasteiger partial charge in [-0.3, -0.25) is 9.59 Å². The Balaban J connectivity index is 1.85. The Kier molecular flexibility index (Phi) is 4.27. The first-order valence-corrected chi connectivity index (χ1v) is 8.77. The molecular weight excluding hydrogens is 308 g/mol. The van der Waals surface area contributed by atoms with Gasteiger partial charge in [0.05, 0.1) is 18.8 Å². The maximum atomic E-state index is 11.4. The Morgan fingerprint density at radius 3 is 2.38 bits per heavy atom. The number of rotatable bonds is 5. The monoisotopic (exact) mass is 336 g/mol. The van der Waals surface area contributed by atoms with E-state index in [-0.39, 0.29) is 41.4 Å². The molecule has 3 aliphatic rings. The van der Waals surface area contributed by atoms with Gasteiger partial charge in [-0.1, -0.05) is 20.4 Å². The van der Waals surface area contributed by atoms with Crippen LogP contribution in [0.1, 0.15) is 40.5 Å². The molecule has 0 aromatic carbocycles. The molecule has 0 aromatic rings. The van der Waals surface area contributed by atoms with Crippen LogP contribution in [0.2, 0.25) is 0 Å². The van der Waals surface area contributed by atoms with E-state index in [1.807, 2.05) is 0 Å². The highest BCUT2D eigenvalue weighted by atomic mass is 16.6. The number of carbonyl (C=O) groups is 2. The molecule has 0 amide bonds. The standard InChI is InChI=1S/C19H28O5/c1-11(8-22-12(2)20)16-15(9-23-13(3)21)19(10-24-19)7-6-14-17(16)18(14,4)5/h14-17H,1,6-10H2,2-5H3/t14-,15+,16-,17-,19+/m0/s1. The molecule has 2 aliphatic carbocycles. The van der Waals surface area contributed by atoms with Gasteiger partial charge in [0.1, 0.15) is 6.61 Å². The molecule has 5 heteroatoms. The molecular formula is C19H28O5. The van der Waals surface area contributed by atoms with Gasteiger partial charge in [0.25, 0.3) is 0 Å². The third-order valence-electron chi connectivity index (χ3n) is 6.43. The van der Waals surface area contributed by atoms with Crippen molar-refractivity contribution in [3.63, 3.8) is 0 Å². The molecule has 2 saturated carbocycles. The van der Waals surface area contributed by atoms with Crippen LogP contribution in [0.25, 0.3) is 0 Å². The van der Waals surface area contributed by atoms with E-state index in [4.69, 9.17) is 14.2 Å². The summed E-state index contributed by atoms with van der Waals surface area (Å²) in [5.74, 6) is 0.760. The fourth-order valence-corrected chi connectivity index (χ4v) is 4.96. The number of carbonyl (C=O) groups excluding carboxylic acids is 2. The predicted molar refractivity (Wildman–Crippen MR) is 88.1 cm³/mol. The highest BCUT2D eigenvalue weighted by molar-refractivity contribution is 5.66. The normalized spacial score (nSPS) is 38.7. The van der Waals surface area contributed by atoms with Gasteiger partial charge >= 0.3 is 11.9 Å². The topological polar surface area (TPSA) is 65.1 Å². The van der Waals surface area contributed by atoms with Gasteiger partial charge in [0, 0.05) is 19.8 Å². The average molecular weight is 336 g/mol. The van der Waals surface area contributed by atoms with Crippen molar-refractivity contribution in [3.8, 4) is 0 Å². The second kappa shape index (κ2) is 5.87. The molecule has 3 rings (SSSR count). The van der Waals surface area contributed by atoms with Crippen LogP contribution in [0.4, 0.5) is 0 Å². The minimum absolute atomic E-state index is 0.0845. The van der Waals surface area contributed by atoms with E-state index < -0.39 is 0 Å². The highest BCUT2D eigenvalue weighted by Gasteiger charge is 2.69. The van der Waals surface area contributed by atoms with E-state index in [2.05, 4.69) is 20.4 Å². The van der Waals surface area contributed by atoms with Gasteiger partial charge in [0.15, 0.2) is 0 Å². The minimum Gasteiger partial charge on any atom is -0.465 e. The third-order valence-corrected chi connectivity index (χ3v) is 6.43. The predicted octanol–water partition coefficient (Wildman–Crippen LogP) is 2.74. The average Bonchev–Trinajstić information content (AvgIpc) is 3.36. The van der Waals surface area contributed by atoms with Crippen LogP contribution < -0.4 is 0 Å². The molecule has 5 nitrogen and oxygen atoms in total. The zero-order chi connectivity index (χ0) is 17.7. The summed E-state index contributed by atoms with van der Waals surface area (Å²) in [4.78, 5) is 22.6. The minimum atomic E-state index is -0.301. The van der Waals surface area contributed by atoms with Crippen LogP contribution >= 0.6 is 0 Å². The summed E-state index contributed by atoms with van der Waals surface area (Å²) < 4.78 is 16.5. The Bertz CT molecular complexity index is 560. The SMILES string of the molecule is C=C(COC(C)=O)[C@@H]1[C@@H]2[C@H](CC[C@@]3(CO3)[C@@H]1COC(C)=O)C2(C)C. The van der Waals surface area contributed by atoms with Gasteiger partial charge in [-0.05, 0) is 41.6 Å². The lowest BCUT2D eigenvalue weighted by molar-refractivity contribution is -0.143. The summed E-state index contributed by atoms with van der Waals surface area (Å²) in [5, 5.41) is 0. The van der Waals surface area contributed by atoms with Crippen LogP contribution in [0.15, 0.2) is 12.2 Å². The number of epoxide rings is 1. The Morgan fingerprint density at radius 1 is 1.21 bits per heavy atom. The van der Waals surface area contributed by atoms with Crippen LogP contribution in [0, 0.1) is 29.1 Å². The Labute approximate surface area is 143 Å². The van der Waals surface area contributed by atoms with E-state index >= 15 is 0 Å². The van der Waals surface area contributed by atoms with Gasteiger partial charge in [-0.15, -0.1) is 0 Å². The van der Waals surface area contributed by atoms with Crippen molar-refractivity contribution in [3.05, 3.63) is 12.2 Å². The largest absolute Gasteiger partial charge is 0.465 e. The number of hydrogen-bond acceptors (Lipinski definition) is 5. The zero-order valence-corrected chi connectivity index (χ0v) is 15.1. The molecule has 134 valence electrons. The van der Waals surface area contributed by atoms with Crippen molar-refractivity contribution in [2.24, 2.45) is 29.1 Å². The molecule has 1 saturated heterocycles. The van der Waals surface area contributed by atoms with Crippen molar-refractivity contribution in [1.29, 1.82) is 0 Å². The lowest BCUT2D eigenvalue weighted by Crippen LogP contribution is -2.38. The summed E-state index contributed by atoms with van der Waals surface area (Å²) in [6.45, 7) is 13.0. The number of hydrogen-bond donors (Lipinski definition) is 0. The molecule has 3 fully saturated rings. The smallest absolute Gasteiger partial charge is 0.302 e. The first kappa shape index (κ1) is 17.5. The first-order valence-electron chi connectivity index (χ1n) is 8.77. The van der Waals surface area contributed by atoms with E-state index in [0.29, 0.717) is 18.4 Å². The second-order valence-electron chi connectivity index (χ2n) is 8.22. The first-order chi connectivity index (χ1) is 11.2. The highest BCUT2D eigenvalue weighted by Crippen LogP contribution is 2.70. The molecule has 0 bridgehead atoms. The molecule has 0 unspecified atom stereocenters. The summed E-state index contributed by atoms with van der Waals surface area (Å²) >= 11 is 0. The van der Waals surface area contributed by atoms with Crippen LogP contribution in [-0.2, 0) is 23.8 Å². The van der Waals surface area contributed by atoms with Gasteiger partial charge in [0.2, 0.25) is 0 Å². The molecule has 1 spiro atoms. The van der Waals surface area contributed by atoms with Crippen molar-refractivity contribution < 1.29 is 23.8 Å². The van der Waals surface area contributed by atoms with Gasteiger partial charge in [-0.25, -0.2) is 0 Å². The summed E-state index contributed by atoms with van der Waals surface area (Å²) in [6, 6.07) is 0. The lowest BCUT2D eigenvalue weighted by Gasteiger charge is -2.33. The molecule has 0 aromatic heterocycles. The van der Waals surface area contributed by atoms with E-state index in [0.717, 1.165) is 25.0 Å². The third kappa shape index (κ3) is 2.99. The Morgan fingerprint density at radius 2 is 1.83 bits per heavy atom. The molecule has 24 heavy (non-hydrogen) atoms.